The van der Waals surface area contributed by atoms with Crippen LogP contribution in [0.5, 0.6) is 17.2 Å². The number of carbonyl (C=O) groups is 2. The quantitative estimate of drug-likeness (QED) is 0.306. The fourth-order valence-electron chi connectivity index (χ4n) is 4.77. The van der Waals surface area contributed by atoms with Crippen molar-refractivity contribution in [2.45, 2.75) is 19.9 Å². The number of methoxy groups -OCH3 is 1. The van der Waals surface area contributed by atoms with Crippen molar-refractivity contribution in [3.8, 4) is 17.2 Å². The van der Waals surface area contributed by atoms with Gasteiger partial charge in [-0.05, 0) is 54.8 Å². The van der Waals surface area contributed by atoms with Crippen LogP contribution in [0.15, 0.2) is 42.0 Å². The van der Waals surface area contributed by atoms with Gasteiger partial charge in [0.1, 0.15) is 18.8 Å². The molecular weight excluding hydrogens is 464 g/mol. The van der Waals surface area contributed by atoms with Crippen molar-refractivity contribution in [1.29, 1.82) is 0 Å². The van der Waals surface area contributed by atoms with Crippen LogP contribution in [0.2, 0.25) is 0 Å². The van der Waals surface area contributed by atoms with E-state index in [4.69, 9.17) is 14.2 Å². The van der Waals surface area contributed by atoms with E-state index in [9.17, 15) is 19.8 Å². The highest BCUT2D eigenvalue weighted by Gasteiger charge is 2.44. The maximum atomic E-state index is 13.8. The third-order valence-corrected chi connectivity index (χ3v) is 6.71. The Balaban J connectivity index is 1.79. The summed E-state index contributed by atoms with van der Waals surface area (Å²) in [5, 5.41) is 24.0. The number of hydrogen-bond donors (Lipinski definition) is 2. The van der Waals surface area contributed by atoms with Crippen LogP contribution in [0.3, 0.4) is 0 Å². The highest BCUT2D eigenvalue weighted by Crippen LogP contribution is 2.41. The number of nitrogens with zero attached hydrogens (tertiary/aromatic N) is 1. The highest BCUT2D eigenvalue weighted by atomic mass is 16.5. The lowest BCUT2D eigenvalue weighted by molar-refractivity contribution is -0.907. The van der Waals surface area contributed by atoms with Gasteiger partial charge in [0.2, 0.25) is 5.78 Å². The topological polar surface area (TPSA) is 113 Å². The molecule has 9 heteroatoms. The summed E-state index contributed by atoms with van der Waals surface area (Å²) < 4.78 is 16.2. The number of likely N-dealkylation sites (tertiary alicyclic amines) is 1. The van der Waals surface area contributed by atoms with Crippen LogP contribution in [0.1, 0.15) is 29.7 Å². The minimum Gasteiger partial charge on any atom is -0.872 e. The van der Waals surface area contributed by atoms with Crippen LogP contribution in [0.4, 0.5) is 0 Å². The molecule has 2 fully saturated rings. The van der Waals surface area contributed by atoms with E-state index in [2.05, 4.69) is 0 Å². The second kappa shape index (κ2) is 11.0. The number of phenols is 1. The maximum absolute atomic E-state index is 13.8. The zero-order valence-corrected chi connectivity index (χ0v) is 20.8. The number of phenolic OH excluding ortho intramolecular Hbond substituents is 1. The number of hydrogen-bond acceptors (Lipinski definition) is 7. The Hall–Kier alpha value is -3.56. The molecule has 0 spiro atoms. The molecule has 4 rings (SSSR count). The predicted octanol–water partition coefficient (Wildman–Crippen LogP) is 0.247. The van der Waals surface area contributed by atoms with Crippen LogP contribution < -0.4 is 19.5 Å². The van der Waals surface area contributed by atoms with Crippen LogP contribution in [-0.4, -0.2) is 74.8 Å². The van der Waals surface area contributed by atoms with E-state index >= 15 is 0 Å². The number of quaternary nitrogens is 1. The monoisotopic (exact) mass is 496 g/mol. The Kier molecular flexibility index (Phi) is 7.81. The fraction of sp³-hybridized carbons (Fsp3) is 0.407. The molecule has 0 bridgehead atoms. The number of rotatable bonds is 8. The van der Waals surface area contributed by atoms with E-state index in [0.717, 1.165) is 13.1 Å². The summed E-state index contributed by atoms with van der Waals surface area (Å²) in [5.41, 5.74) is 1.41. The molecule has 36 heavy (non-hydrogen) atoms. The van der Waals surface area contributed by atoms with E-state index in [-0.39, 0.29) is 17.1 Å². The molecule has 2 saturated heterocycles. The van der Waals surface area contributed by atoms with Crippen LogP contribution in [0.25, 0.3) is 5.76 Å². The molecule has 2 N–H and O–H groups in total. The Labute approximate surface area is 210 Å². The SMILES string of the molecule is CCOc1cc(C2C(=C([O-])c3ccc(OC)cc3C)C(=O)C(=O)N2CC[NH+]2CCOCC2)ccc1O. The van der Waals surface area contributed by atoms with Crippen molar-refractivity contribution in [1.82, 2.24) is 4.90 Å². The summed E-state index contributed by atoms with van der Waals surface area (Å²) in [6, 6.07) is 8.78. The number of aryl methyl sites for hydroxylation is 1. The summed E-state index contributed by atoms with van der Waals surface area (Å²) in [7, 11) is 1.54. The first-order chi connectivity index (χ1) is 17.3. The predicted molar refractivity (Wildman–Crippen MR) is 130 cm³/mol. The van der Waals surface area contributed by atoms with Gasteiger partial charge in [-0.25, -0.2) is 0 Å². The van der Waals surface area contributed by atoms with E-state index in [1.807, 2.05) is 0 Å². The van der Waals surface area contributed by atoms with Crippen molar-refractivity contribution in [2.24, 2.45) is 0 Å². The van der Waals surface area contributed by atoms with E-state index in [1.54, 1.807) is 44.2 Å². The number of benzene rings is 2. The molecule has 0 aliphatic carbocycles. The number of aromatic hydroxyl groups is 1. The Morgan fingerprint density at radius 3 is 2.61 bits per heavy atom. The molecule has 0 radical (unpaired) electrons. The number of nitrogens with one attached hydrogen (secondary N) is 1. The zero-order chi connectivity index (χ0) is 25.8. The first-order valence-corrected chi connectivity index (χ1v) is 12.1. The van der Waals surface area contributed by atoms with Gasteiger partial charge in [-0.3, -0.25) is 9.59 Å². The molecule has 1 unspecified atom stereocenters. The average Bonchev–Trinajstić information content (AvgIpc) is 3.14. The largest absolute Gasteiger partial charge is 0.872 e. The number of morpholine rings is 1. The summed E-state index contributed by atoms with van der Waals surface area (Å²) in [4.78, 5) is 29.3. The van der Waals surface area contributed by atoms with Crippen LogP contribution in [-0.2, 0) is 14.3 Å². The second-order valence-electron chi connectivity index (χ2n) is 8.93. The number of amides is 1. The third-order valence-electron chi connectivity index (χ3n) is 6.71. The fourth-order valence-corrected chi connectivity index (χ4v) is 4.77. The van der Waals surface area contributed by atoms with Gasteiger partial charge in [0.05, 0.1) is 46.1 Å². The second-order valence-corrected chi connectivity index (χ2v) is 8.93. The first-order valence-electron chi connectivity index (χ1n) is 12.1. The average molecular weight is 497 g/mol. The molecule has 1 amide bonds. The lowest BCUT2D eigenvalue weighted by Gasteiger charge is -2.30. The van der Waals surface area contributed by atoms with Crippen molar-refractivity contribution < 1.29 is 38.9 Å². The smallest absolute Gasteiger partial charge is 0.295 e. The molecule has 192 valence electrons. The van der Waals surface area contributed by atoms with E-state index < -0.39 is 23.5 Å². The first kappa shape index (κ1) is 25.5. The lowest BCUT2D eigenvalue weighted by Crippen LogP contribution is -3.14. The Morgan fingerprint density at radius 1 is 1.19 bits per heavy atom. The molecule has 0 aromatic heterocycles. The minimum absolute atomic E-state index is 0.0561. The molecule has 0 saturated carbocycles. The standard InChI is InChI=1S/C27H32N2O7/c1-4-36-22-16-18(5-8-21(22)30)24-23(25(31)20-7-6-19(34-3)15-17(20)2)26(32)27(33)29(24)10-9-28-11-13-35-14-12-28/h5-8,15-16,24,30-31H,4,9-14H2,1-3H3. The summed E-state index contributed by atoms with van der Waals surface area (Å²) >= 11 is 0. The highest BCUT2D eigenvalue weighted by molar-refractivity contribution is 6.46. The molecule has 2 aromatic rings. The molecular formula is C27H32N2O7. The molecule has 2 heterocycles. The van der Waals surface area contributed by atoms with Gasteiger partial charge < -0.3 is 34.2 Å². The van der Waals surface area contributed by atoms with E-state index in [1.165, 1.54) is 23.0 Å². The zero-order valence-electron chi connectivity index (χ0n) is 20.8. The minimum atomic E-state index is -0.890. The van der Waals surface area contributed by atoms with Crippen molar-refractivity contribution >= 4 is 17.4 Å². The van der Waals surface area contributed by atoms with Gasteiger partial charge in [-0.15, -0.1) is 0 Å². The summed E-state index contributed by atoms with van der Waals surface area (Å²) in [5.74, 6) is -1.23. The van der Waals surface area contributed by atoms with Crippen molar-refractivity contribution in [2.75, 3.05) is 53.1 Å². The van der Waals surface area contributed by atoms with Crippen molar-refractivity contribution in [3.05, 3.63) is 58.7 Å². The Morgan fingerprint density at radius 2 is 1.94 bits per heavy atom. The molecule has 2 aromatic carbocycles. The van der Waals surface area contributed by atoms with Crippen LogP contribution >= 0.6 is 0 Å². The van der Waals surface area contributed by atoms with Crippen molar-refractivity contribution in [3.63, 3.8) is 0 Å². The molecule has 1 atom stereocenters. The number of Topliss-reactive ketones (excluding diaryl/α,β-unsaturated/α-hetero) is 1. The van der Waals surface area contributed by atoms with Gasteiger partial charge in [-0.2, -0.15) is 0 Å². The van der Waals surface area contributed by atoms with E-state index in [0.29, 0.717) is 55.4 Å². The maximum Gasteiger partial charge on any atom is 0.295 e. The number of ether oxygens (including phenoxy) is 3. The molecule has 2 aliphatic rings. The Bertz CT molecular complexity index is 1170. The third kappa shape index (κ3) is 5.03. The number of carbonyl (C=O) groups excluding carboxylic acids is 2. The van der Waals surface area contributed by atoms with Gasteiger partial charge in [0.25, 0.3) is 5.91 Å². The van der Waals surface area contributed by atoms with Gasteiger partial charge in [0, 0.05) is 5.57 Å². The normalized spacial score (nSPS) is 20.1. The summed E-state index contributed by atoms with van der Waals surface area (Å²) in [6.07, 6.45) is 0. The summed E-state index contributed by atoms with van der Waals surface area (Å²) in [6.45, 7) is 7.72. The number of ketones is 1. The lowest BCUT2D eigenvalue weighted by atomic mass is 9.93. The molecule has 2 aliphatic heterocycles. The van der Waals surface area contributed by atoms with Gasteiger partial charge in [0.15, 0.2) is 11.5 Å². The van der Waals surface area contributed by atoms with Gasteiger partial charge >= 0.3 is 0 Å². The molecule has 9 nitrogen and oxygen atoms in total. The van der Waals surface area contributed by atoms with Gasteiger partial charge in [-0.1, -0.05) is 17.9 Å². The van der Waals surface area contributed by atoms with Crippen LogP contribution in [0, 0.1) is 6.92 Å².